The van der Waals surface area contributed by atoms with Crippen LogP contribution in [0.15, 0.2) is 22.3 Å². The Balaban J connectivity index is 1.93. The monoisotopic (exact) mass is 281 g/mol. The maximum absolute atomic E-state index is 11.8. The molecule has 3 nitrogen and oxygen atoms in total. The molecule has 2 heterocycles. The quantitative estimate of drug-likeness (QED) is 0.789. The van der Waals surface area contributed by atoms with Gasteiger partial charge in [-0.2, -0.15) is 0 Å². The molecule has 18 heavy (non-hydrogen) atoms. The van der Waals surface area contributed by atoms with Gasteiger partial charge < -0.3 is 4.57 Å². The van der Waals surface area contributed by atoms with Crippen molar-refractivity contribution in [1.29, 1.82) is 0 Å². The van der Waals surface area contributed by atoms with Gasteiger partial charge in [0, 0.05) is 23.5 Å². The van der Waals surface area contributed by atoms with Crippen LogP contribution in [-0.2, 0) is 6.54 Å². The molecule has 0 N–H and O–H groups in total. The first-order valence-corrected chi connectivity index (χ1v) is 7.52. The van der Waals surface area contributed by atoms with Crippen LogP contribution in [0.4, 0.5) is 0 Å². The molecule has 0 saturated heterocycles. The van der Waals surface area contributed by atoms with E-state index >= 15 is 0 Å². The molecular formula is C13H15NO2S2. The van der Waals surface area contributed by atoms with Crippen LogP contribution in [-0.4, -0.2) is 10.4 Å². The van der Waals surface area contributed by atoms with Crippen molar-refractivity contribution in [2.24, 2.45) is 0 Å². The Bertz CT molecular complexity index is 593. The van der Waals surface area contributed by atoms with Crippen molar-refractivity contribution >= 4 is 28.5 Å². The van der Waals surface area contributed by atoms with Gasteiger partial charge in [-0.3, -0.25) is 9.59 Å². The molecule has 0 atom stereocenters. The van der Waals surface area contributed by atoms with Crippen LogP contribution >= 0.6 is 22.7 Å². The number of carbonyl (C=O) groups is 1. The van der Waals surface area contributed by atoms with Gasteiger partial charge in [-0.25, -0.2) is 0 Å². The Labute approximate surface area is 114 Å². The zero-order valence-corrected chi connectivity index (χ0v) is 12.1. The SMILES string of the molecule is Cc1sc(=O)n(CCCC(=O)c2cccs2)c1C. The Kier molecular flexibility index (Phi) is 4.14. The van der Waals surface area contributed by atoms with Gasteiger partial charge in [0.15, 0.2) is 5.78 Å². The lowest BCUT2D eigenvalue weighted by Gasteiger charge is -2.04. The standard InChI is InChI=1S/C13H15NO2S2/c1-9-10(2)18-13(16)14(9)7-3-5-11(15)12-6-4-8-17-12/h4,6,8H,3,5,7H2,1-2H3. The molecule has 2 aromatic rings. The van der Waals surface area contributed by atoms with Crippen molar-refractivity contribution in [2.45, 2.75) is 33.2 Å². The first-order valence-electron chi connectivity index (χ1n) is 5.83. The van der Waals surface area contributed by atoms with Crippen LogP contribution in [0, 0.1) is 13.8 Å². The second-order valence-electron chi connectivity index (χ2n) is 4.17. The first kappa shape index (κ1) is 13.2. The summed E-state index contributed by atoms with van der Waals surface area (Å²) in [6, 6.07) is 3.73. The first-order chi connectivity index (χ1) is 8.59. The Hall–Kier alpha value is -1.20. The molecule has 5 heteroatoms. The Morgan fingerprint density at radius 3 is 2.72 bits per heavy atom. The van der Waals surface area contributed by atoms with Crippen LogP contribution in [0.3, 0.4) is 0 Å². The molecule has 96 valence electrons. The van der Waals surface area contributed by atoms with Gasteiger partial charge in [0.2, 0.25) is 0 Å². The molecule has 0 amide bonds. The number of thiazole rings is 1. The van der Waals surface area contributed by atoms with E-state index in [1.807, 2.05) is 31.4 Å². The second-order valence-corrected chi connectivity index (χ2v) is 6.28. The topological polar surface area (TPSA) is 39.1 Å². The lowest BCUT2D eigenvalue weighted by atomic mass is 10.2. The zero-order valence-electron chi connectivity index (χ0n) is 10.4. The molecule has 0 aliphatic rings. The van der Waals surface area contributed by atoms with E-state index in [0.717, 1.165) is 15.4 Å². The fraction of sp³-hybridized carbons (Fsp3) is 0.385. The lowest BCUT2D eigenvalue weighted by Crippen LogP contribution is -2.15. The summed E-state index contributed by atoms with van der Waals surface area (Å²) in [6.45, 7) is 4.54. The molecule has 0 unspecified atom stereocenters. The van der Waals surface area contributed by atoms with Crippen LogP contribution in [0.1, 0.15) is 33.1 Å². The Morgan fingerprint density at radius 2 is 2.17 bits per heavy atom. The maximum Gasteiger partial charge on any atom is 0.307 e. The number of rotatable bonds is 5. The minimum Gasteiger partial charge on any atom is -0.303 e. The van der Waals surface area contributed by atoms with Crippen molar-refractivity contribution in [3.8, 4) is 0 Å². The number of thiophene rings is 1. The van der Waals surface area contributed by atoms with Gasteiger partial charge >= 0.3 is 4.87 Å². The third kappa shape index (κ3) is 2.79. The second kappa shape index (κ2) is 5.63. The van der Waals surface area contributed by atoms with E-state index < -0.39 is 0 Å². The number of aryl methyl sites for hydroxylation is 1. The van der Waals surface area contributed by atoms with E-state index in [9.17, 15) is 9.59 Å². The number of Topliss-reactive ketones (excluding diaryl/α,β-unsaturated/α-hetero) is 1. The smallest absolute Gasteiger partial charge is 0.303 e. The van der Waals surface area contributed by atoms with Gasteiger partial charge in [0.05, 0.1) is 4.88 Å². The molecule has 0 bridgehead atoms. The van der Waals surface area contributed by atoms with Crippen molar-refractivity contribution < 1.29 is 4.79 Å². The molecule has 0 saturated carbocycles. The van der Waals surface area contributed by atoms with E-state index in [4.69, 9.17) is 0 Å². The summed E-state index contributed by atoms with van der Waals surface area (Å²) in [7, 11) is 0. The van der Waals surface area contributed by atoms with Crippen LogP contribution in [0.2, 0.25) is 0 Å². The van der Waals surface area contributed by atoms with E-state index in [2.05, 4.69) is 0 Å². The summed E-state index contributed by atoms with van der Waals surface area (Å²) in [4.78, 5) is 25.4. The van der Waals surface area contributed by atoms with Crippen LogP contribution < -0.4 is 4.87 Å². The van der Waals surface area contributed by atoms with E-state index in [0.29, 0.717) is 19.4 Å². The van der Waals surface area contributed by atoms with Gasteiger partial charge in [-0.1, -0.05) is 17.4 Å². The fourth-order valence-electron chi connectivity index (χ4n) is 1.80. The molecular weight excluding hydrogens is 266 g/mol. The highest BCUT2D eigenvalue weighted by molar-refractivity contribution is 7.12. The number of ketones is 1. The predicted molar refractivity (Wildman–Crippen MR) is 75.9 cm³/mol. The van der Waals surface area contributed by atoms with E-state index in [1.165, 1.54) is 22.7 Å². The van der Waals surface area contributed by atoms with Crippen molar-refractivity contribution in [1.82, 2.24) is 4.57 Å². The summed E-state index contributed by atoms with van der Waals surface area (Å²) in [6.07, 6.45) is 1.22. The van der Waals surface area contributed by atoms with E-state index in [-0.39, 0.29) is 10.7 Å². The number of hydrogen-bond donors (Lipinski definition) is 0. The summed E-state index contributed by atoms with van der Waals surface area (Å²) in [5.41, 5.74) is 1.02. The van der Waals surface area contributed by atoms with Gasteiger partial charge in [0.25, 0.3) is 0 Å². The number of aromatic nitrogens is 1. The van der Waals surface area contributed by atoms with E-state index in [1.54, 1.807) is 4.57 Å². The van der Waals surface area contributed by atoms with Crippen molar-refractivity contribution in [3.63, 3.8) is 0 Å². The summed E-state index contributed by atoms with van der Waals surface area (Å²) >= 11 is 2.75. The highest BCUT2D eigenvalue weighted by atomic mass is 32.1. The van der Waals surface area contributed by atoms with Gasteiger partial charge in [0.1, 0.15) is 0 Å². The molecule has 0 aromatic carbocycles. The average molecular weight is 281 g/mol. The summed E-state index contributed by atoms with van der Waals surface area (Å²) in [5, 5.41) is 1.91. The molecule has 2 rings (SSSR count). The molecule has 0 aliphatic carbocycles. The third-order valence-corrected chi connectivity index (χ3v) is 4.86. The molecule has 0 radical (unpaired) electrons. The average Bonchev–Trinajstić information content (AvgIpc) is 2.93. The minimum atomic E-state index is 0.0774. The normalized spacial score (nSPS) is 10.8. The third-order valence-electron chi connectivity index (χ3n) is 2.96. The zero-order chi connectivity index (χ0) is 13.1. The number of nitrogens with zero attached hydrogens (tertiary/aromatic N) is 1. The molecule has 0 aliphatic heterocycles. The minimum absolute atomic E-state index is 0.0774. The highest BCUT2D eigenvalue weighted by Gasteiger charge is 2.09. The fourth-order valence-corrected chi connectivity index (χ4v) is 3.36. The number of hydrogen-bond acceptors (Lipinski definition) is 4. The largest absolute Gasteiger partial charge is 0.307 e. The lowest BCUT2D eigenvalue weighted by molar-refractivity contribution is 0.0982. The summed E-state index contributed by atoms with van der Waals surface area (Å²) in [5.74, 6) is 0.169. The molecule has 2 aromatic heterocycles. The van der Waals surface area contributed by atoms with Crippen molar-refractivity contribution in [3.05, 3.63) is 42.6 Å². The van der Waals surface area contributed by atoms with Gasteiger partial charge in [-0.15, -0.1) is 11.3 Å². The van der Waals surface area contributed by atoms with Crippen LogP contribution in [0.5, 0.6) is 0 Å². The number of carbonyl (C=O) groups excluding carboxylic acids is 1. The molecule has 0 spiro atoms. The Morgan fingerprint density at radius 1 is 1.39 bits per heavy atom. The molecule has 0 fully saturated rings. The predicted octanol–water partition coefficient (Wildman–Crippen LogP) is 3.25. The van der Waals surface area contributed by atoms with Crippen LogP contribution in [0.25, 0.3) is 0 Å². The highest BCUT2D eigenvalue weighted by Crippen LogP contribution is 2.14. The van der Waals surface area contributed by atoms with Gasteiger partial charge in [-0.05, 0) is 31.7 Å². The summed E-state index contributed by atoms with van der Waals surface area (Å²) < 4.78 is 1.77. The maximum atomic E-state index is 11.8. The van der Waals surface area contributed by atoms with Crippen molar-refractivity contribution in [2.75, 3.05) is 0 Å².